The van der Waals surface area contributed by atoms with Gasteiger partial charge in [0.25, 0.3) is 0 Å². The minimum atomic E-state index is -0.611. The van der Waals surface area contributed by atoms with E-state index in [1.54, 1.807) is 6.34 Å². The third kappa shape index (κ3) is 7.82. The van der Waals surface area contributed by atoms with E-state index >= 15 is 0 Å². The molecule has 4 aliphatic rings. The van der Waals surface area contributed by atoms with E-state index in [9.17, 15) is 0 Å². The van der Waals surface area contributed by atoms with Gasteiger partial charge in [0.1, 0.15) is 35.3 Å². The smallest absolute Gasteiger partial charge is 0.146 e. The van der Waals surface area contributed by atoms with E-state index in [1.807, 2.05) is 6.34 Å². The topological polar surface area (TPSA) is 60.7 Å². The van der Waals surface area contributed by atoms with Crippen molar-refractivity contribution in [2.45, 2.75) is 5.41 Å². The first-order valence-corrected chi connectivity index (χ1v) is 32.9. The molecule has 0 radical (unpaired) electrons. The molecule has 2 aromatic heterocycles. The molecule has 2 aliphatic carbocycles. The Morgan fingerprint density at radius 2 is 0.958 bits per heavy atom. The highest BCUT2D eigenvalue weighted by Gasteiger charge is 2.52. The molecule has 0 saturated carbocycles. The van der Waals surface area contributed by atoms with Crippen LogP contribution in [0.1, 0.15) is 22.3 Å². The zero-order valence-corrected chi connectivity index (χ0v) is 52.1. The first kappa shape index (κ1) is 54.0. The van der Waals surface area contributed by atoms with Crippen LogP contribution in [0.25, 0.3) is 132 Å². The Hall–Kier alpha value is -12.6. The van der Waals surface area contributed by atoms with E-state index in [2.05, 4.69) is 324 Å². The second-order valence-electron chi connectivity index (χ2n) is 25.4. The number of nitrogens with zero attached hydrogens (tertiary/aromatic N) is 5. The van der Waals surface area contributed by atoms with Gasteiger partial charge in [-0.2, -0.15) is 0 Å². The Balaban J connectivity index is 1.01. The highest BCUT2D eigenvalue weighted by atomic mass is 16.3. The third-order valence-electron chi connectivity index (χ3n) is 20.4. The molecule has 0 unspecified atom stereocenters. The quantitative estimate of drug-likeness (QED) is 0.135. The van der Waals surface area contributed by atoms with Crippen molar-refractivity contribution in [2.24, 2.45) is 9.98 Å². The maximum absolute atomic E-state index is 7.77. The molecular formula is C89H57N5O2. The van der Waals surface area contributed by atoms with Gasteiger partial charge in [0.15, 0.2) is 0 Å². The second kappa shape index (κ2) is 21.2. The molecule has 2 aliphatic heterocycles. The molecular weight excluding hydrogens is 1170 g/mol. The van der Waals surface area contributed by atoms with Crippen molar-refractivity contribution in [1.82, 2.24) is 0 Å². The fraction of sp³-hybridized carbons (Fsp3) is 0.0337. The largest absolute Gasteiger partial charge is 0.455 e. The maximum Gasteiger partial charge on any atom is 0.146 e. The van der Waals surface area contributed by atoms with E-state index in [-0.39, 0.29) is 0 Å². The summed E-state index contributed by atoms with van der Waals surface area (Å²) in [5.41, 5.74) is 26.1. The molecule has 0 saturated heterocycles. The van der Waals surface area contributed by atoms with Crippen LogP contribution in [-0.2, 0) is 5.41 Å². The van der Waals surface area contributed by atoms with Crippen LogP contribution < -0.4 is 14.7 Å². The highest BCUT2D eigenvalue weighted by molar-refractivity contribution is 6.41. The van der Waals surface area contributed by atoms with Crippen molar-refractivity contribution in [3.05, 3.63) is 332 Å². The average Bonchev–Trinajstić information content (AvgIpc) is 1.46. The lowest BCUT2D eigenvalue weighted by atomic mass is 9.70. The van der Waals surface area contributed by atoms with E-state index in [0.717, 1.165) is 138 Å². The fourth-order valence-electron chi connectivity index (χ4n) is 16.6. The minimum Gasteiger partial charge on any atom is -0.455 e. The number of benzene rings is 14. The zero-order chi connectivity index (χ0) is 63.0. The molecule has 4 heterocycles. The van der Waals surface area contributed by atoms with Crippen LogP contribution in [0.5, 0.6) is 0 Å². The van der Waals surface area contributed by atoms with Gasteiger partial charge in [-0.05, 0) is 144 Å². The summed E-state index contributed by atoms with van der Waals surface area (Å²) in [5, 5.41) is 7.95. The lowest BCUT2D eigenvalue weighted by Crippen LogP contribution is -2.26. The van der Waals surface area contributed by atoms with Crippen molar-refractivity contribution in [2.75, 3.05) is 27.9 Å². The van der Waals surface area contributed by atoms with Crippen LogP contribution in [0.4, 0.5) is 28.4 Å². The Kier molecular flexibility index (Phi) is 11.9. The molecule has 0 N–H and O–H groups in total. The van der Waals surface area contributed by atoms with Gasteiger partial charge in [0.2, 0.25) is 0 Å². The van der Waals surface area contributed by atoms with Gasteiger partial charge in [-0.25, -0.2) is 4.99 Å². The summed E-state index contributed by atoms with van der Waals surface area (Å²) >= 11 is 0. The Labute approximate surface area is 554 Å². The molecule has 16 aromatic rings. The van der Waals surface area contributed by atoms with Crippen LogP contribution in [0.3, 0.4) is 0 Å². The number of anilines is 5. The van der Waals surface area contributed by atoms with Crippen LogP contribution in [0.2, 0.25) is 0 Å². The molecule has 7 heteroatoms. The first-order chi connectivity index (χ1) is 47.7. The molecule has 20 rings (SSSR count). The molecule has 450 valence electrons. The number of allylic oxidation sites excluding steroid dienone is 2. The molecule has 0 amide bonds. The number of rotatable bonds is 9. The highest BCUT2D eigenvalue weighted by Crippen LogP contribution is 2.65. The summed E-state index contributed by atoms with van der Waals surface area (Å²) < 4.78 is 15.5. The van der Waals surface area contributed by atoms with Crippen LogP contribution in [-0.4, -0.2) is 25.9 Å². The predicted molar refractivity (Wildman–Crippen MR) is 399 cm³/mol. The van der Waals surface area contributed by atoms with Gasteiger partial charge >= 0.3 is 0 Å². The lowest BCUT2D eigenvalue weighted by molar-refractivity contribution is 0.670. The molecule has 0 fully saturated rings. The third-order valence-corrected chi connectivity index (χ3v) is 20.4. The molecule has 1 spiro atoms. The number of fused-ring (bicyclic) bond motifs is 21. The van der Waals surface area contributed by atoms with Crippen molar-refractivity contribution in [3.63, 3.8) is 0 Å². The van der Waals surface area contributed by atoms with Gasteiger partial charge in [-0.1, -0.05) is 243 Å². The number of hydrogen-bond donors (Lipinski definition) is 0. The van der Waals surface area contributed by atoms with Crippen molar-refractivity contribution >= 4 is 107 Å². The normalized spacial score (nSPS) is 14.0. The van der Waals surface area contributed by atoms with Crippen LogP contribution >= 0.6 is 0 Å². The summed E-state index contributed by atoms with van der Waals surface area (Å²) in [7, 11) is 0. The standard InChI is InChI=1S/C89H57N5O2/c1-6-25-56(26-7-1)59-43-45-69-79(49-59)96-87-70(64-34-15-14-33-62(64)57-27-8-2-9-28-57)51-71-81(82(69)87)83-72(52-77(93-54-90-53-91-55-93)84-80-63(58-29-10-3-11-30-58)38-24-42-78(80)95-88(83)84)85(92-47-22-5-23-48-92)86(71)94(60-31-12-4-13-32-60)61-44-46-68-67-37-18-21-41-75(67)89(76(68)50-61)73-39-19-16-35-65(73)66-36-17-20-40-74(66)89/h1-47,49-54H,48,55H2. The van der Waals surface area contributed by atoms with E-state index in [4.69, 9.17) is 18.8 Å². The summed E-state index contributed by atoms with van der Waals surface area (Å²) in [6.07, 6.45) is 12.4. The summed E-state index contributed by atoms with van der Waals surface area (Å²) in [6.45, 7) is 0.950. The molecule has 0 atom stereocenters. The number of furan rings is 2. The predicted octanol–water partition coefficient (Wildman–Crippen LogP) is 23.0. The fourth-order valence-corrected chi connectivity index (χ4v) is 16.6. The van der Waals surface area contributed by atoms with Crippen molar-refractivity contribution in [3.8, 4) is 66.8 Å². The van der Waals surface area contributed by atoms with Gasteiger partial charge in [0, 0.05) is 67.4 Å². The second-order valence-corrected chi connectivity index (χ2v) is 25.4. The SMILES string of the molecule is C1=CCN(c2c(N(c3ccccc3)c3ccc4c(c3)C3(c5ccccc5-c5ccccc53)c3ccccc3-4)c3cc(-c4ccccc4-c4ccccc4)c4oc5cc(-c6ccccc6)ccc5c4c3c3c2cc(N2C=NC=NC2)c2c3oc3cccc(-c4ccccc4)c32)C=C1. The minimum absolute atomic E-state index is 0.360. The zero-order valence-electron chi connectivity index (χ0n) is 52.1. The Bertz CT molecular complexity index is 5980. The molecule has 14 aromatic carbocycles. The summed E-state index contributed by atoms with van der Waals surface area (Å²) in [4.78, 5) is 16.8. The van der Waals surface area contributed by atoms with E-state index < -0.39 is 5.41 Å². The number of aliphatic imine (C=N–C) groups is 2. The Morgan fingerprint density at radius 1 is 0.365 bits per heavy atom. The number of hydrogen-bond acceptors (Lipinski definition) is 7. The average molecular weight is 1230 g/mol. The first-order valence-electron chi connectivity index (χ1n) is 32.9. The van der Waals surface area contributed by atoms with Gasteiger partial charge in [0.05, 0.1) is 34.2 Å². The summed E-state index contributed by atoms with van der Waals surface area (Å²) in [5.74, 6) is 0. The van der Waals surface area contributed by atoms with Crippen molar-refractivity contribution < 1.29 is 8.83 Å². The monoisotopic (exact) mass is 1230 g/mol. The Morgan fingerprint density at radius 3 is 1.62 bits per heavy atom. The maximum atomic E-state index is 7.77. The van der Waals surface area contributed by atoms with Crippen LogP contribution in [0.15, 0.2) is 328 Å². The van der Waals surface area contributed by atoms with Gasteiger partial charge < -0.3 is 23.5 Å². The molecule has 0 bridgehead atoms. The lowest BCUT2D eigenvalue weighted by Gasteiger charge is -2.36. The van der Waals surface area contributed by atoms with E-state index in [1.165, 1.54) is 44.5 Å². The van der Waals surface area contributed by atoms with Gasteiger partial charge in [-0.3, -0.25) is 4.99 Å². The van der Waals surface area contributed by atoms with E-state index in [0.29, 0.717) is 13.2 Å². The molecule has 7 nitrogen and oxygen atoms in total. The van der Waals surface area contributed by atoms with Crippen molar-refractivity contribution in [1.29, 1.82) is 0 Å². The number of para-hydroxylation sites is 1. The molecule has 96 heavy (non-hydrogen) atoms. The van der Waals surface area contributed by atoms with Gasteiger partial charge in [-0.15, -0.1) is 0 Å². The van der Waals surface area contributed by atoms with Crippen LogP contribution in [0, 0.1) is 0 Å². The summed E-state index contributed by atoms with van der Waals surface area (Å²) in [6, 6.07) is 105.